The van der Waals surface area contributed by atoms with Crippen molar-refractivity contribution in [1.29, 1.82) is 0 Å². The normalized spacial score (nSPS) is 19.2. The molecule has 0 unspecified atom stereocenters. The molecule has 2 fully saturated rings. The van der Waals surface area contributed by atoms with Crippen LogP contribution in [0.3, 0.4) is 0 Å². The van der Waals surface area contributed by atoms with Gasteiger partial charge in [-0.25, -0.2) is 0 Å². The van der Waals surface area contributed by atoms with E-state index in [0.29, 0.717) is 31.9 Å². The van der Waals surface area contributed by atoms with Crippen LogP contribution in [0.25, 0.3) is 0 Å². The summed E-state index contributed by atoms with van der Waals surface area (Å²) < 4.78 is 12.2. The molecule has 0 aromatic heterocycles. The third-order valence-electron chi connectivity index (χ3n) is 4.57. The molecule has 2 amide bonds. The highest BCUT2D eigenvalue weighted by atomic mass is 32.2. The van der Waals surface area contributed by atoms with Crippen LogP contribution in [0.2, 0.25) is 0 Å². The molecule has 130 valence electrons. The molecule has 6 heteroatoms. The average Bonchev–Trinajstić information content (AvgIpc) is 3.39. The zero-order valence-electron chi connectivity index (χ0n) is 14.1. The zero-order chi connectivity index (χ0) is 17.1. The smallest absolute Gasteiger partial charge is 0.235 e. The highest BCUT2D eigenvalue weighted by molar-refractivity contribution is 7.84. The SMILES string of the molecule is Cc1cccc(C[S@](=O)CC(=O)N2CCN(C(=O)C3CC3)CC2)c1. The number of amides is 2. The Kier molecular flexibility index (Phi) is 5.33. The van der Waals surface area contributed by atoms with E-state index in [-0.39, 0.29) is 23.5 Å². The van der Waals surface area contributed by atoms with Crippen molar-refractivity contribution < 1.29 is 13.8 Å². The van der Waals surface area contributed by atoms with Gasteiger partial charge in [0.15, 0.2) is 0 Å². The van der Waals surface area contributed by atoms with E-state index in [1.807, 2.05) is 36.1 Å². The maximum atomic E-state index is 12.3. The van der Waals surface area contributed by atoms with Crippen LogP contribution in [-0.4, -0.2) is 57.8 Å². The standard InChI is InChI=1S/C18H24N2O3S/c1-14-3-2-4-15(11-14)12-24(23)13-17(21)19-7-9-20(10-8-19)18(22)16-5-6-16/h2-4,11,16H,5-10,12-13H2,1H3/t24-/m0/s1. The number of benzene rings is 1. The maximum Gasteiger partial charge on any atom is 0.235 e. The summed E-state index contributed by atoms with van der Waals surface area (Å²) in [5.41, 5.74) is 2.13. The molecule has 1 aliphatic carbocycles. The molecule has 1 atom stereocenters. The Hall–Kier alpha value is -1.69. The number of aryl methyl sites for hydroxylation is 1. The maximum absolute atomic E-state index is 12.3. The van der Waals surface area contributed by atoms with Crippen LogP contribution >= 0.6 is 0 Å². The lowest BCUT2D eigenvalue weighted by atomic mass is 10.2. The topological polar surface area (TPSA) is 57.7 Å². The molecule has 2 aliphatic rings. The van der Waals surface area contributed by atoms with Gasteiger partial charge in [0.05, 0.1) is 0 Å². The number of carbonyl (C=O) groups excluding carboxylic acids is 2. The Morgan fingerprint density at radius 1 is 1.12 bits per heavy atom. The first-order valence-electron chi connectivity index (χ1n) is 8.50. The highest BCUT2D eigenvalue weighted by Crippen LogP contribution is 2.31. The van der Waals surface area contributed by atoms with Gasteiger partial charge in [-0.05, 0) is 25.3 Å². The zero-order valence-corrected chi connectivity index (χ0v) is 14.9. The van der Waals surface area contributed by atoms with Crippen LogP contribution in [0.4, 0.5) is 0 Å². The summed E-state index contributed by atoms with van der Waals surface area (Å²) >= 11 is 0. The molecule has 0 spiro atoms. The molecule has 1 aliphatic heterocycles. The predicted octanol–water partition coefficient (Wildman–Crippen LogP) is 1.32. The van der Waals surface area contributed by atoms with E-state index in [2.05, 4.69) is 0 Å². The summed E-state index contributed by atoms with van der Waals surface area (Å²) in [5, 5.41) is 0. The lowest BCUT2D eigenvalue weighted by Gasteiger charge is -2.34. The molecule has 1 saturated heterocycles. The number of piperazine rings is 1. The molecule has 1 aromatic carbocycles. The van der Waals surface area contributed by atoms with Gasteiger partial charge in [0.25, 0.3) is 0 Å². The van der Waals surface area contributed by atoms with Gasteiger partial charge in [-0.3, -0.25) is 13.8 Å². The van der Waals surface area contributed by atoms with Gasteiger partial charge in [-0.15, -0.1) is 0 Å². The summed E-state index contributed by atoms with van der Waals surface area (Å²) in [7, 11) is -1.20. The van der Waals surface area contributed by atoms with E-state index >= 15 is 0 Å². The number of rotatable bonds is 5. The van der Waals surface area contributed by atoms with Crippen LogP contribution in [0.5, 0.6) is 0 Å². The van der Waals surface area contributed by atoms with Crippen molar-refractivity contribution >= 4 is 22.6 Å². The number of hydrogen-bond donors (Lipinski definition) is 0. The van der Waals surface area contributed by atoms with Crippen molar-refractivity contribution in [1.82, 2.24) is 9.80 Å². The van der Waals surface area contributed by atoms with Crippen molar-refractivity contribution in [3.05, 3.63) is 35.4 Å². The van der Waals surface area contributed by atoms with Crippen molar-refractivity contribution in [2.75, 3.05) is 31.9 Å². The Bertz CT molecular complexity index is 649. The number of nitrogens with zero attached hydrogens (tertiary/aromatic N) is 2. The second-order valence-corrected chi connectivity index (χ2v) is 8.15. The summed E-state index contributed by atoms with van der Waals surface area (Å²) in [6, 6.07) is 7.89. The summed E-state index contributed by atoms with van der Waals surface area (Å²) in [4.78, 5) is 27.9. The Morgan fingerprint density at radius 2 is 1.79 bits per heavy atom. The van der Waals surface area contributed by atoms with E-state index < -0.39 is 10.8 Å². The van der Waals surface area contributed by atoms with Crippen molar-refractivity contribution in [3.8, 4) is 0 Å². The fraction of sp³-hybridized carbons (Fsp3) is 0.556. The first kappa shape index (κ1) is 17.1. The monoisotopic (exact) mass is 348 g/mol. The molecule has 3 rings (SSSR count). The fourth-order valence-electron chi connectivity index (χ4n) is 3.03. The molecular formula is C18H24N2O3S. The summed E-state index contributed by atoms with van der Waals surface area (Å²) in [6.07, 6.45) is 2.02. The molecule has 0 bridgehead atoms. The van der Waals surface area contributed by atoms with Crippen LogP contribution in [0.15, 0.2) is 24.3 Å². The van der Waals surface area contributed by atoms with Gasteiger partial charge in [-0.1, -0.05) is 29.8 Å². The molecule has 24 heavy (non-hydrogen) atoms. The van der Waals surface area contributed by atoms with E-state index in [0.717, 1.165) is 24.0 Å². The van der Waals surface area contributed by atoms with Crippen LogP contribution in [0, 0.1) is 12.8 Å². The molecular weight excluding hydrogens is 324 g/mol. The fourth-order valence-corrected chi connectivity index (χ4v) is 4.14. The van der Waals surface area contributed by atoms with E-state index in [1.54, 1.807) is 4.90 Å². The molecule has 1 heterocycles. The van der Waals surface area contributed by atoms with Crippen molar-refractivity contribution in [3.63, 3.8) is 0 Å². The average molecular weight is 348 g/mol. The van der Waals surface area contributed by atoms with Gasteiger partial charge >= 0.3 is 0 Å². The lowest BCUT2D eigenvalue weighted by Crippen LogP contribution is -2.51. The third-order valence-corrected chi connectivity index (χ3v) is 5.79. The number of carbonyl (C=O) groups is 2. The van der Waals surface area contributed by atoms with Gasteiger partial charge in [0.1, 0.15) is 5.75 Å². The van der Waals surface area contributed by atoms with Gasteiger partial charge in [0, 0.05) is 48.6 Å². The summed E-state index contributed by atoms with van der Waals surface area (Å²) in [5.74, 6) is 0.872. The van der Waals surface area contributed by atoms with Crippen molar-refractivity contribution in [2.45, 2.75) is 25.5 Å². The molecule has 1 aromatic rings. The van der Waals surface area contributed by atoms with E-state index in [9.17, 15) is 13.8 Å². The quantitative estimate of drug-likeness (QED) is 0.806. The van der Waals surface area contributed by atoms with Crippen molar-refractivity contribution in [2.24, 2.45) is 5.92 Å². The molecule has 1 saturated carbocycles. The Balaban J connectivity index is 1.45. The van der Waals surface area contributed by atoms with Crippen LogP contribution < -0.4 is 0 Å². The molecule has 0 radical (unpaired) electrons. The second kappa shape index (κ2) is 7.47. The lowest BCUT2D eigenvalue weighted by molar-refractivity contribution is -0.139. The van der Waals surface area contributed by atoms with Gasteiger partial charge < -0.3 is 9.80 Å². The first-order valence-corrected chi connectivity index (χ1v) is 9.99. The van der Waals surface area contributed by atoms with Crippen LogP contribution in [-0.2, 0) is 26.1 Å². The minimum Gasteiger partial charge on any atom is -0.339 e. The van der Waals surface area contributed by atoms with E-state index in [4.69, 9.17) is 0 Å². The van der Waals surface area contributed by atoms with Gasteiger partial charge in [-0.2, -0.15) is 0 Å². The summed E-state index contributed by atoms with van der Waals surface area (Å²) in [6.45, 7) is 4.31. The van der Waals surface area contributed by atoms with E-state index in [1.165, 1.54) is 0 Å². The van der Waals surface area contributed by atoms with Gasteiger partial charge in [0.2, 0.25) is 11.8 Å². The second-order valence-electron chi connectivity index (χ2n) is 6.70. The highest BCUT2D eigenvalue weighted by Gasteiger charge is 2.35. The largest absolute Gasteiger partial charge is 0.339 e. The predicted molar refractivity (Wildman–Crippen MR) is 93.8 cm³/mol. The minimum atomic E-state index is -1.20. The Labute approximate surface area is 145 Å². The Morgan fingerprint density at radius 3 is 2.42 bits per heavy atom. The third kappa shape index (κ3) is 4.44. The van der Waals surface area contributed by atoms with Crippen LogP contribution in [0.1, 0.15) is 24.0 Å². The first-order chi connectivity index (χ1) is 11.5. The minimum absolute atomic E-state index is 0.0600. The molecule has 5 nitrogen and oxygen atoms in total. The number of hydrogen-bond acceptors (Lipinski definition) is 3. The molecule has 0 N–H and O–H groups in total.